The lowest BCUT2D eigenvalue weighted by Gasteiger charge is -2.43. The van der Waals surface area contributed by atoms with E-state index in [0.717, 1.165) is 26.2 Å². The van der Waals surface area contributed by atoms with Crippen LogP contribution in [0.25, 0.3) is 0 Å². The smallest absolute Gasteiger partial charge is 0.0615 e. The fraction of sp³-hybridized carbons (Fsp3) is 1.00. The Balaban J connectivity index is 2.03. The van der Waals surface area contributed by atoms with Gasteiger partial charge in [-0.3, -0.25) is 4.90 Å². The Morgan fingerprint density at radius 3 is 2.29 bits per heavy atom. The van der Waals surface area contributed by atoms with Crippen molar-refractivity contribution < 1.29 is 5.11 Å². The van der Waals surface area contributed by atoms with Crippen LogP contribution in [0.2, 0.25) is 0 Å². The van der Waals surface area contributed by atoms with Gasteiger partial charge in [0.1, 0.15) is 0 Å². The van der Waals surface area contributed by atoms with Crippen LogP contribution in [-0.4, -0.2) is 48.3 Å². The highest BCUT2D eigenvalue weighted by atomic mass is 16.3. The van der Waals surface area contributed by atoms with Gasteiger partial charge in [0.15, 0.2) is 0 Å². The van der Waals surface area contributed by atoms with E-state index >= 15 is 0 Å². The van der Waals surface area contributed by atoms with E-state index in [1.807, 2.05) is 0 Å². The number of hydrogen-bond donors (Lipinski definition) is 2. The fourth-order valence-corrected chi connectivity index (χ4v) is 3.46. The third-order valence-corrected chi connectivity index (χ3v) is 4.59. The number of aliphatic hydroxyl groups excluding tert-OH is 1. The van der Waals surface area contributed by atoms with Gasteiger partial charge >= 0.3 is 0 Å². The maximum absolute atomic E-state index is 9.94. The number of hydrogen-bond acceptors (Lipinski definition) is 3. The molecule has 0 unspecified atom stereocenters. The van der Waals surface area contributed by atoms with Crippen molar-refractivity contribution in [1.29, 1.82) is 0 Å². The Bertz CT molecular complexity index is 204. The minimum Gasteiger partial charge on any atom is -0.394 e. The second-order valence-corrected chi connectivity index (χ2v) is 5.74. The predicted octanol–water partition coefficient (Wildman–Crippen LogP) is 1.76. The zero-order valence-corrected chi connectivity index (χ0v) is 11.1. The van der Waals surface area contributed by atoms with E-state index in [2.05, 4.69) is 10.2 Å². The summed E-state index contributed by atoms with van der Waals surface area (Å²) in [4.78, 5) is 2.58. The fourth-order valence-electron chi connectivity index (χ4n) is 3.46. The highest BCUT2D eigenvalue weighted by Gasteiger charge is 2.35. The van der Waals surface area contributed by atoms with Gasteiger partial charge in [-0.15, -0.1) is 0 Å². The summed E-state index contributed by atoms with van der Waals surface area (Å²) in [5.74, 6) is 0. The molecule has 0 spiro atoms. The molecule has 0 aromatic rings. The molecule has 2 N–H and O–H groups in total. The highest BCUT2D eigenvalue weighted by molar-refractivity contribution is 4.92. The summed E-state index contributed by atoms with van der Waals surface area (Å²) in [5.41, 5.74) is 0.104. The van der Waals surface area contributed by atoms with E-state index in [-0.39, 0.29) is 5.54 Å². The average Bonchev–Trinajstić information content (AvgIpc) is 2.59. The molecule has 3 heteroatoms. The summed E-state index contributed by atoms with van der Waals surface area (Å²) in [5, 5.41) is 13.4. The van der Waals surface area contributed by atoms with E-state index in [1.165, 1.54) is 51.4 Å². The van der Waals surface area contributed by atoms with Gasteiger partial charge in [-0.25, -0.2) is 0 Å². The van der Waals surface area contributed by atoms with Crippen molar-refractivity contribution in [2.45, 2.75) is 56.9 Å². The van der Waals surface area contributed by atoms with E-state index in [4.69, 9.17) is 0 Å². The van der Waals surface area contributed by atoms with Gasteiger partial charge in [0.2, 0.25) is 0 Å². The molecule has 0 aromatic heterocycles. The molecule has 1 aliphatic heterocycles. The van der Waals surface area contributed by atoms with E-state index < -0.39 is 0 Å². The Morgan fingerprint density at radius 2 is 1.59 bits per heavy atom. The van der Waals surface area contributed by atoms with Crippen LogP contribution in [-0.2, 0) is 0 Å². The first-order valence-corrected chi connectivity index (χ1v) is 7.44. The molecule has 17 heavy (non-hydrogen) atoms. The van der Waals surface area contributed by atoms with Crippen molar-refractivity contribution in [1.82, 2.24) is 10.2 Å². The molecule has 1 saturated carbocycles. The van der Waals surface area contributed by atoms with Gasteiger partial charge in [-0.1, -0.05) is 32.1 Å². The summed E-state index contributed by atoms with van der Waals surface area (Å²) >= 11 is 0. The van der Waals surface area contributed by atoms with Crippen LogP contribution in [0.4, 0.5) is 0 Å². The van der Waals surface area contributed by atoms with Gasteiger partial charge in [-0.05, 0) is 25.8 Å². The third kappa shape index (κ3) is 3.43. The van der Waals surface area contributed by atoms with Crippen molar-refractivity contribution in [2.24, 2.45) is 0 Å². The van der Waals surface area contributed by atoms with Crippen molar-refractivity contribution in [3.05, 3.63) is 0 Å². The standard InChI is InChI=1S/C14H28N2O/c17-13-14(7-4-2-1-3-5-8-14)16-11-6-9-15-10-12-16/h15,17H,1-13H2. The molecule has 0 atom stereocenters. The topological polar surface area (TPSA) is 35.5 Å². The van der Waals surface area contributed by atoms with Gasteiger partial charge in [0.05, 0.1) is 6.61 Å². The van der Waals surface area contributed by atoms with Gasteiger partial charge in [0.25, 0.3) is 0 Å². The van der Waals surface area contributed by atoms with Gasteiger partial charge < -0.3 is 10.4 Å². The molecule has 1 saturated heterocycles. The molecule has 2 rings (SSSR count). The molecule has 2 fully saturated rings. The van der Waals surface area contributed by atoms with Crippen molar-refractivity contribution in [3.63, 3.8) is 0 Å². The average molecular weight is 240 g/mol. The van der Waals surface area contributed by atoms with Crippen LogP contribution >= 0.6 is 0 Å². The van der Waals surface area contributed by atoms with Crippen LogP contribution in [0.3, 0.4) is 0 Å². The van der Waals surface area contributed by atoms with Crippen LogP contribution in [0, 0.1) is 0 Å². The molecule has 1 aliphatic carbocycles. The molecule has 0 bridgehead atoms. The minimum absolute atomic E-state index is 0.104. The quantitative estimate of drug-likeness (QED) is 0.772. The summed E-state index contributed by atoms with van der Waals surface area (Å²) < 4.78 is 0. The molecule has 0 amide bonds. The Kier molecular flexibility index (Phi) is 5.26. The zero-order chi connectivity index (χ0) is 12.0. The lowest BCUT2D eigenvalue weighted by atomic mass is 9.83. The predicted molar refractivity (Wildman–Crippen MR) is 71.2 cm³/mol. The summed E-state index contributed by atoms with van der Waals surface area (Å²) in [7, 11) is 0. The maximum atomic E-state index is 9.94. The monoisotopic (exact) mass is 240 g/mol. The van der Waals surface area contributed by atoms with Gasteiger partial charge in [-0.2, -0.15) is 0 Å². The van der Waals surface area contributed by atoms with Crippen molar-refractivity contribution >= 4 is 0 Å². The highest BCUT2D eigenvalue weighted by Crippen LogP contribution is 2.31. The first kappa shape index (κ1) is 13.3. The van der Waals surface area contributed by atoms with E-state index in [0.29, 0.717) is 6.61 Å². The second kappa shape index (κ2) is 6.72. The number of nitrogens with one attached hydrogen (secondary N) is 1. The van der Waals surface area contributed by atoms with Crippen LogP contribution in [0.5, 0.6) is 0 Å². The molecular weight excluding hydrogens is 212 g/mol. The SMILES string of the molecule is OCC1(N2CCCNCC2)CCCCCCC1. The summed E-state index contributed by atoms with van der Waals surface area (Å²) in [6.07, 6.45) is 10.3. The van der Waals surface area contributed by atoms with E-state index in [1.54, 1.807) is 0 Å². The third-order valence-electron chi connectivity index (χ3n) is 4.59. The second-order valence-electron chi connectivity index (χ2n) is 5.74. The first-order chi connectivity index (χ1) is 8.37. The molecule has 0 radical (unpaired) electrons. The van der Waals surface area contributed by atoms with Crippen LogP contribution in [0.1, 0.15) is 51.4 Å². The largest absolute Gasteiger partial charge is 0.394 e. The summed E-state index contributed by atoms with van der Waals surface area (Å²) in [6, 6.07) is 0. The molecule has 3 nitrogen and oxygen atoms in total. The first-order valence-electron chi connectivity index (χ1n) is 7.44. The number of rotatable bonds is 2. The minimum atomic E-state index is 0.104. The molecule has 100 valence electrons. The zero-order valence-electron chi connectivity index (χ0n) is 11.1. The molecule has 0 aromatic carbocycles. The lowest BCUT2D eigenvalue weighted by Crippen LogP contribution is -2.53. The van der Waals surface area contributed by atoms with Gasteiger partial charge in [0, 0.05) is 25.2 Å². The molecule has 1 heterocycles. The lowest BCUT2D eigenvalue weighted by molar-refractivity contribution is 0.0127. The van der Waals surface area contributed by atoms with Crippen molar-refractivity contribution in [2.75, 3.05) is 32.8 Å². The van der Waals surface area contributed by atoms with Crippen LogP contribution < -0.4 is 5.32 Å². The van der Waals surface area contributed by atoms with Crippen molar-refractivity contribution in [3.8, 4) is 0 Å². The number of nitrogens with zero attached hydrogens (tertiary/aromatic N) is 1. The van der Waals surface area contributed by atoms with Crippen LogP contribution in [0.15, 0.2) is 0 Å². The Morgan fingerprint density at radius 1 is 0.882 bits per heavy atom. The summed E-state index contributed by atoms with van der Waals surface area (Å²) in [6.45, 7) is 4.85. The molecular formula is C14H28N2O. The maximum Gasteiger partial charge on any atom is 0.0615 e. The van der Waals surface area contributed by atoms with E-state index in [9.17, 15) is 5.11 Å². The number of aliphatic hydroxyl groups is 1. The Labute approximate surface area is 106 Å². The normalized spacial score (nSPS) is 28.1. The Hall–Kier alpha value is -0.120. The molecule has 2 aliphatic rings.